The Bertz CT molecular complexity index is 735. The minimum atomic E-state index is -0.386. The van der Waals surface area contributed by atoms with Gasteiger partial charge in [-0.3, -0.25) is 4.90 Å². The highest BCUT2D eigenvalue weighted by molar-refractivity contribution is 5.86. The summed E-state index contributed by atoms with van der Waals surface area (Å²) in [4.78, 5) is 13.7. The van der Waals surface area contributed by atoms with Crippen molar-refractivity contribution in [3.63, 3.8) is 0 Å². The average Bonchev–Trinajstić information content (AvgIpc) is 2.47. The third-order valence-corrected chi connectivity index (χ3v) is 4.02. The summed E-state index contributed by atoms with van der Waals surface area (Å²) in [5, 5.41) is 11.3. The third-order valence-electron chi connectivity index (χ3n) is 4.02. The Kier molecular flexibility index (Phi) is 5.11. The van der Waals surface area contributed by atoms with E-state index in [2.05, 4.69) is 4.90 Å². The molecule has 1 N–H and O–H groups in total. The third kappa shape index (κ3) is 3.11. The largest absolute Gasteiger partial charge is 0.507 e. The summed E-state index contributed by atoms with van der Waals surface area (Å²) in [6, 6.07) is 3.41. The summed E-state index contributed by atoms with van der Waals surface area (Å²) in [7, 11) is 0. The average molecular weight is 326 g/mol. The second kappa shape index (κ2) is 6.69. The van der Waals surface area contributed by atoms with Gasteiger partial charge in [-0.15, -0.1) is 12.4 Å². The first kappa shape index (κ1) is 16.8. The quantitative estimate of drug-likeness (QED) is 0.859. The van der Waals surface area contributed by atoms with E-state index in [1.807, 2.05) is 13.0 Å². The lowest BCUT2D eigenvalue weighted by Gasteiger charge is -2.27. The zero-order chi connectivity index (χ0) is 15.0. The Balaban J connectivity index is 0.00000176. The van der Waals surface area contributed by atoms with Crippen molar-refractivity contribution in [2.24, 2.45) is 0 Å². The van der Waals surface area contributed by atoms with E-state index in [9.17, 15) is 9.90 Å². The standard InChI is InChI=1S/C16H19NO4.ClH/c1-10-7-14(18)21-16-11(2)15(19)12(8-13(10)16)9-17-3-5-20-6-4-17;/h7-8,19H,3-6,9H2,1-2H3;1H. The van der Waals surface area contributed by atoms with E-state index in [1.54, 1.807) is 6.92 Å². The number of morpholine rings is 1. The van der Waals surface area contributed by atoms with Gasteiger partial charge in [-0.1, -0.05) is 0 Å². The lowest BCUT2D eigenvalue weighted by Crippen LogP contribution is -2.35. The molecule has 2 heterocycles. The Morgan fingerprint density at radius 3 is 2.59 bits per heavy atom. The van der Waals surface area contributed by atoms with Gasteiger partial charge in [0.25, 0.3) is 0 Å². The monoisotopic (exact) mass is 325 g/mol. The van der Waals surface area contributed by atoms with Crippen molar-refractivity contribution in [2.75, 3.05) is 26.3 Å². The molecule has 0 atom stereocenters. The molecule has 0 amide bonds. The van der Waals surface area contributed by atoms with E-state index in [4.69, 9.17) is 9.15 Å². The molecular weight excluding hydrogens is 306 g/mol. The summed E-state index contributed by atoms with van der Waals surface area (Å²) in [6.45, 7) is 7.50. The van der Waals surface area contributed by atoms with Gasteiger partial charge in [0.1, 0.15) is 11.3 Å². The van der Waals surface area contributed by atoms with Crippen molar-refractivity contribution in [1.82, 2.24) is 4.90 Å². The van der Waals surface area contributed by atoms with Crippen LogP contribution in [-0.4, -0.2) is 36.3 Å². The maximum atomic E-state index is 11.5. The molecular formula is C16H20ClNO4. The number of aryl methyl sites for hydroxylation is 2. The summed E-state index contributed by atoms with van der Waals surface area (Å²) in [5.41, 5.74) is 2.44. The van der Waals surface area contributed by atoms with Gasteiger partial charge in [-0.25, -0.2) is 4.79 Å². The van der Waals surface area contributed by atoms with E-state index >= 15 is 0 Å². The first-order valence-corrected chi connectivity index (χ1v) is 7.12. The number of phenolic OH excluding ortho intramolecular Hbond substituents is 1. The topological polar surface area (TPSA) is 62.9 Å². The fourth-order valence-electron chi connectivity index (χ4n) is 2.79. The van der Waals surface area contributed by atoms with Crippen LogP contribution in [0.5, 0.6) is 5.75 Å². The van der Waals surface area contributed by atoms with Gasteiger partial charge in [0.05, 0.1) is 13.2 Å². The van der Waals surface area contributed by atoms with Crippen LogP contribution in [0.2, 0.25) is 0 Å². The number of fused-ring (bicyclic) bond motifs is 1. The molecule has 120 valence electrons. The van der Waals surface area contributed by atoms with Crippen molar-refractivity contribution in [3.8, 4) is 5.75 Å². The number of aromatic hydroxyl groups is 1. The number of phenols is 1. The van der Waals surface area contributed by atoms with Crippen LogP contribution in [0.25, 0.3) is 11.0 Å². The first-order chi connectivity index (χ1) is 10.1. The van der Waals surface area contributed by atoms with Gasteiger partial charge in [0, 0.05) is 42.2 Å². The molecule has 1 aromatic heterocycles. The minimum absolute atomic E-state index is 0. The van der Waals surface area contributed by atoms with Crippen LogP contribution in [-0.2, 0) is 11.3 Å². The number of rotatable bonds is 2. The molecule has 2 aromatic rings. The predicted octanol–water partition coefficient (Wildman–Crippen LogP) is 2.37. The maximum Gasteiger partial charge on any atom is 0.336 e. The van der Waals surface area contributed by atoms with Crippen molar-refractivity contribution >= 4 is 23.4 Å². The van der Waals surface area contributed by atoms with Crippen molar-refractivity contribution in [2.45, 2.75) is 20.4 Å². The van der Waals surface area contributed by atoms with Crippen LogP contribution >= 0.6 is 12.4 Å². The molecule has 1 aromatic carbocycles. The summed E-state index contributed by atoms with van der Waals surface area (Å²) in [6.07, 6.45) is 0. The van der Waals surface area contributed by atoms with Crippen molar-refractivity contribution < 1.29 is 14.3 Å². The number of hydrogen-bond acceptors (Lipinski definition) is 5. The number of halogens is 1. The van der Waals surface area contributed by atoms with Gasteiger partial charge in [0.15, 0.2) is 0 Å². The zero-order valence-electron chi connectivity index (χ0n) is 12.7. The summed E-state index contributed by atoms with van der Waals surface area (Å²) < 4.78 is 10.6. The van der Waals surface area contributed by atoms with E-state index in [-0.39, 0.29) is 23.8 Å². The van der Waals surface area contributed by atoms with Gasteiger partial charge in [-0.2, -0.15) is 0 Å². The van der Waals surface area contributed by atoms with Gasteiger partial charge < -0.3 is 14.3 Å². The second-order valence-electron chi connectivity index (χ2n) is 5.52. The first-order valence-electron chi connectivity index (χ1n) is 7.12. The van der Waals surface area contributed by atoms with E-state index in [0.29, 0.717) is 17.7 Å². The summed E-state index contributed by atoms with van der Waals surface area (Å²) in [5.74, 6) is 0.211. The summed E-state index contributed by atoms with van der Waals surface area (Å²) >= 11 is 0. The predicted molar refractivity (Wildman–Crippen MR) is 87.0 cm³/mol. The van der Waals surface area contributed by atoms with E-state index in [1.165, 1.54) is 6.07 Å². The highest BCUT2D eigenvalue weighted by Crippen LogP contribution is 2.32. The SMILES string of the molecule is Cc1cc(=O)oc2c(C)c(O)c(CN3CCOCC3)cc12.Cl. The van der Waals surface area contributed by atoms with Gasteiger partial charge in [0.2, 0.25) is 0 Å². The molecule has 3 rings (SSSR count). The Morgan fingerprint density at radius 1 is 1.23 bits per heavy atom. The van der Waals surface area contributed by atoms with Crippen molar-refractivity contribution in [3.05, 3.63) is 39.2 Å². The van der Waals surface area contributed by atoms with Crippen molar-refractivity contribution in [1.29, 1.82) is 0 Å². The molecule has 0 unspecified atom stereocenters. The molecule has 1 fully saturated rings. The molecule has 0 bridgehead atoms. The molecule has 0 radical (unpaired) electrons. The molecule has 6 heteroatoms. The van der Waals surface area contributed by atoms with Crippen LogP contribution in [0.4, 0.5) is 0 Å². The fourth-order valence-corrected chi connectivity index (χ4v) is 2.79. The molecule has 1 aliphatic heterocycles. The highest BCUT2D eigenvalue weighted by Gasteiger charge is 2.17. The van der Waals surface area contributed by atoms with Crippen LogP contribution in [0.3, 0.4) is 0 Å². The molecule has 0 saturated carbocycles. The van der Waals surface area contributed by atoms with Gasteiger partial charge >= 0.3 is 5.63 Å². The molecule has 5 nitrogen and oxygen atoms in total. The Labute approximate surface area is 134 Å². The second-order valence-corrected chi connectivity index (χ2v) is 5.52. The van der Waals surface area contributed by atoms with E-state index < -0.39 is 0 Å². The Hall–Kier alpha value is -1.56. The van der Waals surface area contributed by atoms with Crippen LogP contribution in [0.1, 0.15) is 16.7 Å². The van der Waals surface area contributed by atoms with Crippen LogP contribution in [0, 0.1) is 13.8 Å². The number of ether oxygens (including phenoxy) is 1. The maximum absolute atomic E-state index is 11.5. The zero-order valence-corrected chi connectivity index (χ0v) is 13.5. The number of hydrogen-bond donors (Lipinski definition) is 1. The van der Waals surface area contributed by atoms with Crippen LogP contribution < -0.4 is 5.63 Å². The number of benzene rings is 1. The molecule has 0 aliphatic carbocycles. The molecule has 0 spiro atoms. The lowest BCUT2D eigenvalue weighted by molar-refractivity contribution is 0.0339. The smallest absolute Gasteiger partial charge is 0.336 e. The molecule has 22 heavy (non-hydrogen) atoms. The van der Waals surface area contributed by atoms with E-state index in [0.717, 1.165) is 42.8 Å². The molecule has 1 aliphatic rings. The normalized spacial score (nSPS) is 15.7. The number of nitrogens with zero attached hydrogens (tertiary/aromatic N) is 1. The molecule has 1 saturated heterocycles. The van der Waals surface area contributed by atoms with Gasteiger partial charge in [-0.05, 0) is 25.5 Å². The Morgan fingerprint density at radius 2 is 1.91 bits per heavy atom. The lowest BCUT2D eigenvalue weighted by atomic mass is 10.0. The highest BCUT2D eigenvalue weighted by atomic mass is 35.5. The fraction of sp³-hybridized carbons (Fsp3) is 0.438. The minimum Gasteiger partial charge on any atom is -0.507 e. The van der Waals surface area contributed by atoms with Crippen LogP contribution in [0.15, 0.2) is 21.3 Å².